The first-order valence-corrected chi connectivity index (χ1v) is 6.36. The van der Waals surface area contributed by atoms with Crippen LogP contribution in [0.2, 0.25) is 0 Å². The van der Waals surface area contributed by atoms with Gasteiger partial charge in [-0.3, -0.25) is 4.79 Å². The van der Waals surface area contributed by atoms with E-state index in [1.54, 1.807) is 4.90 Å². The number of amides is 2. The van der Waals surface area contributed by atoms with Gasteiger partial charge in [-0.05, 0) is 13.0 Å². The summed E-state index contributed by atoms with van der Waals surface area (Å²) in [6, 6.07) is -0.460. The number of carbonyl (C=O) groups excluding carboxylic acids is 1. The number of nitrogens with one attached hydrogen (secondary N) is 1. The van der Waals surface area contributed by atoms with Crippen LogP contribution in [0.25, 0.3) is 0 Å². The van der Waals surface area contributed by atoms with Crippen molar-refractivity contribution in [2.24, 2.45) is 5.92 Å². The van der Waals surface area contributed by atoms with Crippen LogP contribution in [0.1, 0.15) is 20.3 Å². The van der Waals surface area contributed by atoms with Crippen LogP contribution in [0.3, 0.4) is 0 Å². The number of likely N-dealkylation sites (N-methyl/N-ethyl adjacent to an activating group) is 1. The summed E-state index contributed by atoms with van der Waals surface area (Å²) in [5, 5.41) is 11.6. The van der Waals surface area contributed by atoms with Gasteiger partial charge >= 0.3 is 12.0 Å². The predicted molar refractivity (Wildman–Crippen MR) is 68.5 cm³/mol. The summed E-state index contributed by atoms with van der Waals surface area (Å²) >= 11 is 0. The smallest absolute Gasteiger partial charge is 0.317 e. The van der Waals surface area contributed by atoms with Gasteiger partial charge in [0.25, 0.3) is 0 Å². The molecule has 1 aliphatic heterocycles. The van der Waals surface area contributed by atoms with Crippen molar-refractivity contribution in [2.45, 2.75) is 26.3 Å². The molecule has 2 amide bonds. The first kappa shape index (κ1) is 14.8. The molecule has 1 aliphatic rings. The number of carboxylic acid groups (broad SMARTS) is 1. The van der Waals surface area contributed by atoms with Gasteiger partial charge in [0.1, 0.15) is 0 Å². The lowest BCUT2D eigenvalue weighted by molar-refractivity contribution is -0.137. The van der Waals surface area contributed by atoms with Gasteiger partial charge in [-0.15, -0.1) is 0 Å². The van der Waals surface area contributed by atoms with Crippen molar-refractivity contribution in [3.63, 3.8) is 0 Å². The van der Waals surface area contributed by atoms with Crippen LogP contribution in [0.5, 0.6) is 0 Å². The van der Waals surface area contributed by atoms with Crippen molar-refractivity contribution in [3.05, 3.63) is 0 Å². The summed E-state index contributed by atoms with van der Waals surface area (Å²) in [6.45, 7) is 6.94. The highest BCUT2D eigenvalue weighted by molar-refractivity contribution is 5.76. The number of nitrogens with zero attached hydrogens (tertiary/aromatic N) is 2. The van der Waals surface area contributed by atoms with Crippen LogP contribution in [-0.2, 0) is 4.79 Å². The molecule has 1 fully saturated rings. The molecule has 6 nitrogen and oxygen atoms in total. The highest BCUT2D eigenvalue weighted by Gasteiger charge is 2.24. The normalized spacial score (nSPS) is 18.8. The van der Waals surface area contributed by atoms with E-state index in [1.807, 2.05) is 20.9 Å². The Bertz CT molecular complexity index is 299. The molecule has 1 saturated heterocycles. The maximum Gasteiger partial charge on any atom is 0.317 e. The number of carboxylic acids is 1. The van der Waals surface area contributed by atoms with Crippen molar-refractivity contribution in [3.8, 4) is 0 Å². The van der Waals surface area contributed by atoms with E-state index in [9.17, 15) is 9.59 Å². The molecule has 0 saturated carbocycles. The van der Waals surface area contributed by atoms with E-state index < -0.39 is 5.97 Å². The average molecular weight is 257 g/mol. The second-order valence-corrected chi connectivity index (χ2v) is 5.19. The summed E-state index contributed by atoms with van der Waals surface area (Å²) in [4.78, 5) is 26.7. The summed E-state index contributed by atoms with van der Waals surface area (Å²) in [5.41, 5.74) is 0. The van der Waals surface area contributed by atoms with E-state index in [1.165, 1.54) is 0 Å². The van der Waals surface area contributed by atoms with Gasteiger partial charge in [-0.25, -0.2) is 4.79 Å². The lowest BCUT2D eigenvalue weighted by atomic mass is 10.0. The van der Waals surface area contributed by atoms with Crippen molar-refractivity contribution in [2.75, 3.05) is 33.2 Å². The lowest BCUT2D eigenvalue weighted by Crippen LogP contribution is -2.53. The van der Waals surface area contributed by atoms with Gasteiger partial charge in [-0.2, -0.15) is 0 Å². The number of rotatable bonds is 4. The molecule has 1 rings (SSSR count). The summed E-state index contributed by atoms with van der Waals surface area (Å²) < 4.78 is 0. The molecule has 1 atom stereocenters. The first-order valence-electron chi connectivity index (χ1n) is 6.36. The minimum Gasteiger partial charge on any atom is -0.481 e. The maximum absolute atomic E-state index is 12.0. The molecule has 0 spiro atoms. The van der Waals surface area contributed by atoms with Gasteiger partial charge in [-0.1, -0.05) is 13.8 Å². The average Bonchev–Trinajstić information content (AvgIpc) is 2.28. The molecular formula is C12H23N3O3. The molecule has 0 aromatic carbocycles. The molecule has 0 bridgehead atoms. The van der Waals surface area contributed by atoms with E-state index in [2.05, 4.69) is 10.2 Å². The zero-order chi connectivity index (χ0) is 13.7. The summed E-state index contributed by atoms with van der Waals surface area (Å²) in [7, 11) is 2.02. The van der Waals surface area contributed by atoms with E-state index in [0.29, 0.717) is 13.1 Å². The van der Waals surface area contributed by atoms with Crippen LogP contribution in [0.4, 0.5) is 4.79 Å². The van der Waals surface area contributed by atoms with Gasteiger partial charge in [0.05, 0.1) is 6.42 Å². The number of carbonyl (C=O) groups is 2. The van der Waals surface area contributed by atoms with Gasteiger partial charge in [0, 0.05) is 32.2 Å². The minimum absolute atomic E-state index is 0.0306. The standard InChI is InChI=1S/C12H23N3O3/c1-9(2)10(8-11(16)17)13-12(18)15-6-4-14(3)5-7-15/h9-10H,4-8H2,1-3H3,(H,13,18)(H,16,17). The highest BCUT2D eigenvalue weighted by Crippen LogP contribution is 2.08. The van der Waals surface area contributed by atoms with E-state index in [0.717, 1.165) is 13.1 Å². The quantitative estimate of drug-likeness (QED) is 0.766. The van der Waals surface area contributed by atoms with E-state index >= 15 is 0 Å². The fourth-order valence-electron chi connectivity index (χ4n) is 1.90. The third-order valence-electron chi connectivity index (χ3n) is 3.30. The fourth-order valence-corrected chi connectivity index (χ4v) is 1.90. The second kappa shape index (κ2) is 6.58. The van der Waals surface area contributed by atoms with Crippen LogP contribution in [0, 0.1) is 5.92 Å². The Morgan fingerprint density at radius 2 is 1.78 bits per heavy atom. The number of hydrogen-bond donors (Lipinski definition) is 2. The zero-order valence-corrected chi connectivity index (χ0v) is 11.3. The third-order valence-corrected chi connectivity index (χ3v) is 3.30. The number of hydrogen-bond acceptors (Lipinski definition) is 3. The predicted octanol–water partition coefficient (Wildman–Crippen LogP) is 0.443. The Morgan fingerprint density at radius 3 is 2.22 bits per heavy atom. The number of aliphatic carboxylic acids is 1. The van der Waals surface area contributed by atoms with Crippen molar-refractivity contribution >= 4 is 12.0 Å². The van der Waals surface area contributed by atoms with Crippen LogP contribution < -0.4 is 5.32 Å². The molecule has 104 valence electrons. The second-order valence-electron chi connectivity index (χ2n) is 5.19. The molecule has 0 radical (unpaired) electrons. The zero-order valence-electron chi connectivity index (χ0n) is 11.3. The Kier molecular flexibility index (Phi) is 5.40. The molecule has 0 aromatic rings. The lowest BCUT2D eigenvalue weighted by Gasteiger charge is -2.34. The van der Waals surface area contributed by atoms with Crippen molar-refractivity contribution < 1.29 is 14.7 Å². The Morgan fingerprint density at radius 1 is 1.22 bits per heavy atom. The summed E-state index contributed by atoms with van der Waals surface area (Å²) in [6.07, 6.45) is -0.0306. The molecule has 2 N–H and O–H groups in total. The van der Waals surface area contributed by atoms with Crippen LogP contribution >= 0.6 is 0 Å². The molecule has 0 aliphatic carbocycles. The Hall–Kier alpha value is -1.30. The molecular weight excluding hydrogens is 234 g/mol. The van der Waals surface area contributed by atoms with E-state index in [4.69, 9.17) is 5.11 Å². The molecule has 18 heavy (non-hydrogen) atoms. The molecule has 6 heteroatoms. The van der Waals surface area contributed by atoms with Crippen molar-refractivity contribution in [1.29, 1.82) is 0 Å². The maximum atomic E-state index is 12.0. The Balaban J connectivity index is 2.48. The number of urea groups is 1. The van der Waals surface area contributed by atoms with Crippen molar-refractivity contribution in [1.82, 2.24) is 15.1 Å². The molecule has 0 aromatic heterocycles. The highest BCUT2D eigenvalue weighted by atomic mass is 16.4. The molecule has 1 heterocycles. The summed E-state index contributed by atoms with van der Waals surface area (Å²) in [5.74, 6) is -0.773. The molecule has 1 unspecified atom stereocenters. The van der Waals surface area contributed by atoms with E-state index in [-0.39, 0.29) is 24.4 Å². The SMILES string of the molecule is CC(C)C(CC(=O)O)NC(=O)N1CCN(C)CC1. The van der Waals surface area contributed by atoms with Gasteiger partial charge in [0.2, 0.25) is 0 Å². The van der Waals surface area contributed by atoms with Crippen LogP contribution in [0.15, 0.2) is 0 Å². The minimum atomic E-state index is -0.882. The fraction of sp³-hybridized carbons (Fsp3) is 0.833. The monoisotopic (exact) mass is 257 g/mol. The largest absolute Gasteiger partial charge is 0.481 e. The Labute approximate surface area is 108 Å². The van der Waals surface area contributed by atoms with Crippen LogP contribution in [-0.4, -0.2) is 66.2 Å². The third kappa shape index (κ3) is 4.52. The topological polar surface area (TPSA) is 72.9 Å². The number of piperazine rings is 1. The first-order chi connectivity index (χ1) is 8.40. The van der Waals surface area contributed by atoms with Gasteiger partial charge in [0.15, 0.2) is 0 Å². The van der Waals surface area contributed by atoms with Gasteiger partial charge < -0.3 is 20.2 Å².